The first kappa shape index (κ1) is 14.8. The maximum absolute atomic E-state index is 13.3. The Balaban J connectivity index is 2.04. The van der Waals surface area contributed by atoms with E-state index in [1.807, 2.05) is 12.3 Å². The zero-order valence-corrected chi connectivity index (χ0v) is 12.7. The Morgan fingerprint density at radius 3 is 2.90 bits per heavy atom. The lowest BCUT2D eigenvalue weighted by Gasteiger charge is -2.22. The van der Waals surface area contributed by atoms with Crippen LogP contribution in [-0.4, -0.2) is 18.1 Å². The van der Waals surface area contributed by atoms with Crippen molar-refractivity contribution < 1.29 is 4.39 Å². The largest absolute Gasteiger partial charge is 0.367 e. The van der Waals surface area contributed by atoms with Crippen molar-refractivity contribution in [2.45, 2.75) is 26.8 Å². The fourth-order valence-electron chi connectivity index (χ4n) is 1.94. The van der Waals surface area contributed by atoms with Crippen LogP contribution in [-0.2, 0) is 6.54 Å². The first-order valence-electron chi connectivity index (χ1n) is 6.92. The molecule has 0 saturated carbocycles. The second kappa shape index (κ2) is 7.24. The third kappa shape index (κ3) is 3.93. The minimum absolute atomic E-state index is 0.199. The van der Waals surface area contributed by atoms with Gasteiger partial charge in [0.25, 0.3) is 0 Å². The molecular formula is C15H20FN3S. The number of rotatable bonds is 7. The molecule has 1 heterocycles. The quantitative estimate of drug-likeness (QED) is 0.832. The number of nitrogens with one attached hydrogen (secondary N) is 1. The lowest BCUT2D eigenvalue weighted by Crippen LogP contribution is -2.21. The Labute approximate surface area is 123 Å². The minimum atomic E-state index is -0.199. The Kier molecular flexibility index (Phi) is 5.35. The molecule has 1 N–H and O–H groups in total. The SMILES string of the molecule is CCCNc1ncc(CN(CC)c2cccc(F)c2)s1. The average molecular weight is 293 g/mol. The number of halogens is 1. The van der Waals surface area contributed by atoms with E-state index in [-0.39, 0.29) is 5.82 Å². The highest BCUT2D eigenvalue weighted by atomic mass is 32.1. The molecule has 0 spiro atoms. The van der Waals surface area contributed by atoms with Crippen LogP contribution in [0.3, 0.4) is 0 Å². The summed E-state index contributed by atoms with van der Waals surface area (Å²) in [4.78, 5) is 7.67. The number of benzene rings is 1. The van der Waals surface area contributed by atoms with E-state index >= 15 is 0 Å². The summed E-state index contributed by atoms with van der Waals surface area (Å²) in [5, 5.41) is 4.24. The van der Waals surface area contributed by atoms with Gasteiger partial charge in [-0.2, -0.15) is 0 Å². The number of thiazole rings is 1. The molecule has 1 aromatic heterocycles. The summed E-state index contributed by atoms with van der Waals surface area (Å²) < 4.78 is 13.3. The summed E-state index contributed by atoms with van der Waals surface area (Å²) in [6, 6.07) is 6.72. The van der Waals surface area contributed by atoms with Crippen LogP contribution in [0, 0.1) is 5.82 Å². The van der Waals surface area contributed by atoms with E-state index in [2.05, 4.69) is 29.0 Å². The lowest BCUT2D eigenvalue weighted by molar-refractivity contribution is 0.626. The highest BCUT2D eigenvalue weighted by Crippen LogP contribution is 2.23. The molecule has 20 heavy (non-hydrogen) atoms. The lowest BCUT2D eigenvalue weighted by atomic mass is 10.2. The third-order valence-electron chi connectivity index (χ3n) is 2.98. The van der Waals surface area contributed by atoms with Gasteiger partial charge in [-0.1, -0.05) is 13.0 Å². The summed E-state index contributed by atoms with van der Waals surface area (Å²) in [6.07, 6.45) is 2.98. The molecule has 3 nitrogen and oxygen atoms in total. The summed E-state index contributed by atoms with van der Waals surface area (Å²) >= 11 is 1.66. The molecule has 0 amide bonds. The molecule has 0 aliphatic rings. The van der Waals surface area contributed by atoms with E-state index in [1.54, 1.807) is 23.5 Å². The summed E-state index contributed by atoms with van der Waals surface area (Å²) in [5.41, 5.74) is 0.906. The second-order valence-electron chi connectivity index (χ2n) is 4.55. The molecule has 1 aromatic carbocycles. The van der Waals surface area contributed by atoms with Gasteiger partial charge in [-0.15, -0.1) is 11.3 Å². The van der Waals surface area contributed by atoms with Crippen molar-refractivity contribution in [2.75, 3.05) is 23.3 Å². The number of hydrogen-bond donors (Lipinski definition) is 1. The van der Waals surface area contributed by atoms with Crippen LogP contribution in [0.4, 0.5) is 15.2 Å². The topological polar surface area (TPSA) is 28.2 Å². The molecule has 5 heteroatoms. The Morgan fingerprint density at radius 2 is 2.20 bits per heavy atom. The molecule has 0 radical (unpaired) electrons. The fraction of sp³-hybridized carbons (Fsp3) is 0.400. The molecule has 2 rings (SSSR count). The maximum atomic E-state index is 13.3. The molecule has 108 valence electrons. The maximum Gasteiger partial charge on any atom is 0.182 e. The van der Waals surface area contributed by atoms with Crippen molar-refractivity contribution in [2.24, 2.45) is 0 Å². The van der Waals surface area contributed by atoms with E-state index in [9.17, 15) is 4.39 Å². The summed E-state index contributed by atoms with van der Waals surface area (Å²) in [5.74, 6) is -0.199. The monoisotopic (exact) mass is 293 g/mol. The van der Waals surface area contributed by atoms with Gasteiger partial charge in [0.05, 0.1) is 6.54 Å². The van der Waals surface area contributed by atoms with Gasteiger partial charge in [0.1, 0.15) is 5.82 Å². The van der Waals surface area contributed by atoms with Gasteiger partial charge in [-0.3, -0.25) is 0 Å². The molecule has 0 aliphatic carbocycles. The third-order valence-corrected chi connectivity index (χ3v) is 3.92. The van der Waals surface area contributed by atoms with Crippen molar-refractivity contribution in [1.29, 1.82) is 0 Å². The molecule has 2 aromatic rings. The molecule has 0 atom stereocenters. The van der Waals surface area contributed by atoms with Crippen molar-refractivity contribution >= 4 is 22.2 Å². The highest BCUT2D eigenvalue weighted by molar-refractivity contribution is 7.15. The van der Waals surface area contributed by atoms with Gasteiger partial charge >= 0.3 is 0 Å². The van der Waals surface area contributed by atoms with Crippen LogP contribution < -0.4 is 10.2 Å². The van der Waals surface area contributed by atoms with E-state index in [0.29, 0.717) is 0 Å². The minimum Gasteiger partial charge on any atom is -0.367 e. The number of anilines is 2. The Bertz CT molecular complexity index is 541. The van der Waals surface area contributed by atoms with E-state index in [1.165, 1.54) is 10.9 Å². The van der Waals surface area contributed by atoms with Gasteiger partial charge in [-0.05, 0) is 31.5 Å². The number of nitrogens with zero attached hydrogens (tertiary/aromatic N) is 2. The van der Waals surface area contributed by atoms with Crippen molar-refractivity contribution in [3.05, 3.63) is 41.2 Å². The van der Waals surface area contributed by atoms with Crippen LogP contribution in [0.25, 0.3) is 0 Å². The van der Waals surface area contributed by atoms with Crippen LogP contribution in [0.5, 0.6) is 0 Å². The molecule has 0 fully saturated rings. The number of hydrogen-bond acceptors (Lipinski definition) is 4. The van der Waals surface area contributed by atoms with Crippen molar-refractivity contribution in [1.82, 2.24) is 4.98 Å². The molecule has 0 bridgehead atoms. The zero-order chi connectivity index (χ0) is 14.4. The van der Waals surface area contributed by atoms with Crippen molar-refractivity contribution in [3.8, 4) is 0 Å². The van der Waals surface area contributed by atoms with Gasteiger partial charge in [0.15, 0.2) is 5.13 Å². The number of aromatic nitrogens is 1. The van der Waals surface area contributed by atoms with E-state index < -0.39 is 0 Å². The van der Waals surface area contributed by atoms with Crippen LogP contribution in [0.1, 0.15) is 25.1 Å². The van der Waals surface area contributed by atoms with Gasteiger partial charge < -0.3 is 10.2 Å². The molecule has 0 unspecified atom stereocenters. The van der Waals surface area contributed by atoms with Gasteiger partial charge in [0.2, 0.25) is 0 Å². The van der Waals surface area contributed by atoms with Crippen LogP contribution >= 0.6 is 11.3 Å². The smallest absolute Gasteiger partial charge is 0.182 e. The molecule has 0 aliphatic heterocycles. The average Bonchev–Trinajstić information content (AvgIpc) is 2.90. The molecule has 0 saturated heterocycles. The highest BCUT2D eigenvalue weighted by Gasteiger charge is 2.09. The van der Waals surface area contributed by atoms with Crippen LogP contribution in [0.15, 0.2) is 30.5 Å². The summed E-state index contributed by atoms with van der Waals surface area (Å²) in [7, 11) is 0. The van der Waals surface area contributed by atoms with Crippen LogP contribution in [0.2, 0.25) is 0 Å². The van der Waals surface area contributed by atoms with Gasteiger partial charge in [0, 0.05) is 29.9 Å². The summed E-state index contributed by atoms with van der Waals surface area (Å²) in [6.45, 7) is 6.73. The second-order valence-corrected chi connectivity index (χ2v) is 5.67. The fourth-order valence-corrected chi connectivity index (χ4v) is 2.79. The van der Waals surface area contributed by atoms with Crippen molar-refractivity contribution in [3.63, 3.8) is 0 Å². The Morgan fingerprint density at radius 1 is 1.35 bits per heavy atom. The predicted octanol–water partition coefficient (Wildman–Crippen LogP) is 4.13. The zero-order valence-electron chi connectivity index (χ0n) is 11.9. The first-order valence-corrected chi connectivity index (χ1v) is 7.73. The normalized spacial score (nSPS) is 10.6. The standard InChI is InChI=1S/C15H20FN3S/c1-3-8-17-15-18-10-14(20-15)11-19(4-2)13-7-5-6-12(16)9-13/h5-7,9-10H,3-4,8,11H2,1-2H3,(H,17,18). The van der Waals surface area contributed by atoms with E-state index in [4.69, 9.17) is 0 Å². The van der Waals surface area contributed by atoms with Gasteiger partial charge in [-0.25, -0.2) is 9.37 Å². The predicted molar refractivity (Wildman–Crippen MR) is 84.0 cm³/mol. The first-order chi connectivity index (χ1) is 9.72. The molecular weight excluding hydrogens is 273 g/mol. The Hall–Kier alpha value is -1.62. The van der Waals surface area contributed by atoms with E-state index in [0.717, 1.165) is 36.9 Å².